The molecular weight excluding hydrogens is 562 g/mol. The van der Waals surface area contributed by atoms with E-state index in [9.17, 15) is 18.0 Å². The van der Waals surface area contributed by atoms with Gasteiger partial charge in [0.15, 0.2) is 0 Å². The van der Waals surface area contributed by atoms with Gasteiger partial charge in [-0.3, -0.25) is 13.9 Å². The Morgan fingerprint density at radius 2 is 1.61 bits per heavy atom. The Balaban J connectivity index is 2.00. The maximum Gasteiger partial charge on any atom is 0.264 e. The van der Waals surface area contributed by atoms with Crippen LogP contribution in [0, 0.1) is 0 Å². The molecule has 0 saturated carbocycles. The molecule has 10 heteroatoms. The molecule has 0 radical (unpaired) electrons. The summed E-state index contributed by atoms with van der Waals surface area (Å²) < 4.78 is 34.8. The zero-order valence-corrected chi connectivity index (χ0v) is 25.3. The number of anilines is 1. The second kappa shape index (κ2) is 15.4. The Morgan fingerprint density at radius 3 is 2.27 bits per heavy atom. The van der Waals surface area contributed by atoms with E-state index in [-0.39, 0.29) is 23.0 Å². The molecule has 0 saturated heterocycles. The number of para-hydroxylation sites is 2. The highest BCUT2D eigenvalue weighted by Crippen LogP contribution is 2.33. The molecular formula is C31H38ClN3O5S. The fourth-order valence-corrected chi connectivity index (χ4v) is 5.84. The zero-order valence-electron chi connectivity index (χ0n) is 23.8. The number of nitrogens with one attached hydrogen (secondary N) is 1. The van der Waals surface area contributed by atoms with Crippen molar-refractivity contribution in [2.24, 2.45) is 0 Å². The fourth-order valence-electron chi connectivity index (χ4n) is 4.29. The van der Waals surface area contributed by atoms with Crippen LogP contribution in [0.2, 0.25) is 5.02 Å². The molecule has 2 amide bonds. The highest BCUT2D eigenvalue weighted by molar-refractivity contribution is 7.92. The van der Waals surface area contributed by atoms with Crippen molar-refractivity contribution >= 4 is 39.1 Å². The summed E-state index contributed by atoms with van der Waals surface area (Å²) in [5.74, 6) is -0.480. The Bertz CT molecular complexity index is 1380. The molecule has 220 valence electrons. The molecule has 1 atom stereocenters. The summed E-state index contributed by atoms with van der Waals surface area (Å²) in [5.41, 5.74) is 1.22. The lowest BCUT2D eigenvalue weighted by Crippen LogP contribution is -2.52. The molecule has 41 heavy (non-hydrogen) atoms. The van der Waals surface area contributed by atoms with E-state index in [4.69, 9.17) is 16.3 Å². The van der Waals surface area contributed by atoms with E-state index in [0.717, 1.165) is 22.7 Å². The van der Waals surface area contributed by atoms with Crippen molar-refractivity contribution in [3.8, 4) is 5.75 Å². The maximum absolute atomic E-state index is 14.0. The fraction of sp³-hybridized carbons (Fsp3) is 0.355. The highest BCUT2D eigenvalue weighted by Gasteiger charge is 2.33. The van der Waals surface area contributed by atoms with Crippen LogP contribution in [-0.2, 0) is 26.0 Å². The number of hydrogen-bond donors (Lipinski definition) is 1. The Kier molecular flexibility index (Phi) is 12.0. The monoisotopic (exact) mass is 599 g/mol. The molecule has 0 heterocycles. The Hall–Kier alpha value is -3.56. The summed E-state index contributed by atoms with van der Waals surface area (Å²) in [6.07, 6.45) is 2.23. The van der Waals surface area contributed by atoms with Gasteiger partial charge in [-0.15, -0.1) is 0 Å². The summed E-state index contributed by atoms with van der Waals surface area (Å²) >= 11 is 6.02. The van der Waals surface area contributed by atoms with Gasteiger partial charge in [-0.2, -0.15) is 0 Å². The SMILES string of the molecule is CCCCNC(=O)[C@@H](C)N(CCc1ccccc1)C(=O)CN(c1ccccc1OCC)S(=O)(=O)c1ccc(Cl)cc1. The number of benzene rings is 3. The first-order valence-electron chi connectivity index (χ1n) is 13.8. The minimum atomic E-state index is -4.22. The number of hydrogen-bond acceptors (Lipinski definition) is 5. The van der Waals surface area contributed by atoms with Crippen LogP contribution in [0.5, 0.6) is 5.75 Å². The Morgan fingerprint density at radius 1 is 0.951 bits per heavy atom. The molecule has 0 aromatic heterocycles. The van der Waals surface area contributed by atoms with Crippen LogP contribution in [0.1, 0.15) is 39.2 Å². The van der Waals surface area contributed by atoms with Gasteiger partial charge < -0.3 is 15.0 Å². The number of rotatable bonds is 15. The number of amides is 2. The van der Waals surface area contributed by atoms with Gasteiger partial charge in [0.1, 0.15) is 18.3 Å². The molecule has 0 unspecified atom stereocenters. The zero-order chi connectivity index (χ0) is 29.8. The van der Waals surface area contributed by atoms with Gasteiger partial charge in [-0.05, 0) is 68.7 Å². The van der Waals surface area contributed by atoms with E-state index in [1.165, 1.54) is 29.2 Å². The van der Waals surface area contributed by atoms with Gasteiger partial charge in [0.05, 0.1) is 17.2 Å². The van der Waals surface area contributed by atoms with Crippen LogP contribution in [0.15, 0.2) is 83.8 Å². The van der Waals surface area contributed by atoms with Crippen LogP contribution < -0.4 is 14.4 Å². The third-order valence-corrected chi connectivity index (χ3v) is 8.62. The lowest BCUT2D eigenvalue weighted by atomic mass is 10.1. The molecule has 0 fully saturated rings. The molecule has 3 aromatic rings. The van der Waals surface area contributed by atoms with Crippen LogP contribution >= 0.6 is 11.6 Å². The third-order valence-electron chi connectivity index (χ3n) is 6.60. The standard InChI is InChI=1S/C31H38ClN3O5S/c1-4-6-21-33-31(37)24(3)34(22-20-25-12-8-7-9-13-25)30(36)23-35(28-14-10-11-15-29(28)40-5-2)41(38,39)27-18-16-26(32)17-19-27/h7-19,24H,4-6,20-23H2,1-3H3,(H,33,37)/t24-/m1/s1. The topological polar surface area (TPSA) is 96.0 Å². The summed E-state index contributed by atoms with van der Waals surface area (Å²) in [6, 6.07) is 21.2. The van der Waals surface area contributed by atoms with E-state index < -0.39 is 28.5 Å². The van der Waals surface area contributed by atoms with Crippen molar-refractivity contribution in [3.05, 3.63) is 89.4 Å². The average Bonchev–Trinajstić information content (AvgIpc) is 2.97. The van der Waals surface area contributed by atoms with E-state index in [2.05, 4.69) is 5.32 Å². The quantitative estimate of drug-likeness (QED) is 0.239. The first-order chi connectivity index (χ1) is 19.7. The van der Waals surface area contributed by atoms with E-state index >= 15 is 0 Å². The minimum Gasteiger partial charge on any atom is -0.492 e. The van der Waals surface area contributed by atoms with Gasteiger partial charge in [-0.25, -0.2) is 8.42 Å². The summed E-state index contributed by atoms with van der Waals surface area (Å²) in [6.45, 7) is 5.99. The first-order valence-corrected chi connectivity index (χ1v) is 15.6. The van der Waals surface area contributed by atoms with E-state index in [0.29, 0.717) is 30.3 Å². The van der Waals surface area contributed by atoms with Crippen molar-refractivity contribution in [3.63, 3.8) is 0 Å². The maximum atomic E-state index is 14.0. The molecule has 0 bridgehead atoms. The summed E-state index contributed by atoms with van der Waals surface area (Å²) in [5, 5.41) is 3.28. The van der Waals surface area contributed by atoms with Gasteiger partial charge in [0.2, 0.25) is 11.8 Å². The van der Waals surface area contributed by atoms with Gasteiger partial charge in [0, 0.05) is 18.1 Å². The highest BCUT2D eigenvalue weighted by atomic mass is 35.5. The van der Waals surface area contributed by atoms with Gasteiger partial charge in [-0.1, -0.05) is 67.4 Å². The lowest BCUT2D eigenvalue weighted by molar-refractivity contribution is -0.138. The van der Waals surface area contributed by atoms with Crippen molar-refractivity contribution < 1.29 is 22.7 Å². The number of carbonyl (C=O) groups is 2. The molecule has 1 N–H and O–H groups in total. The van der Waals surface area contributed by atoms with Gasteiger partial charge >= 0.3 is 0 Å². The lowest BCUT2D eigenvalue weighted by Gasteiger charge is -2.32. The molecule has 3 rings (SSSR count). The number of unbranched alkanes of at least 4 members (excludes halogenated alkanes) is 1. The molecule has 3 aromatic carbocycles. The molecule has 0 aliphatic rings. The van der Waals surface area contributed by atoms with Gasteiger partial charge in [0.25, 0.3) is 10.0 Å². The van der Waals surface area contributed by atoms with Crippen LogP contribution in [0.4, 0.5) is 5.69 Å². The molecule has 0 spiro atoms. The van der Waals surface area contributed by atoms with Crippen molar-refractivity contribution in [2.75, 3.05) is 30.5 Å². The number of sulfonamides is 1. The second-order valence-electron chi connectivity index (χ2n) is 9.51. The van der Waals surface area contributed by atoms with Crippen molar-refractivity contribution in [2.45, 2.75) is 51.0 Å². The Labute approximate surface area is 248 Å². The second-order valence-corrected chi connectivity index (χ2v) is 11.8. The number of ether oxygens (including phenoxy) is 1. The normalized spacial score (nSPS) is 11.9. The predicted molar refractivity (Wildman–Crippen MR) is 163 cm³/mol. The summed E-state index contributed by atoms with van der Waals surface area (Å²) in [7, 11) is -4.22. The minimum absolute atomic E-state index is 0.0257. The summed E-state index contributed by atoms with van der Waals surface area (Å²) in [4.78, 5) is 28.5. The third kappa shape index (κ3) is 8.71. The van der Waals surface area contributed by atoms with Crippen molar-refractivity contribution in [1.82, 2.24) is 10.2 Å². The predicted octanol–water partition coefficient (Wildman–Crippen LogP) is 5.31. The first kappa shape index (κ1) is 32.0. The number of nitrogens with zero attached hydrogens (tertiary/aromatic N) is 2. The largest absolute Gasteiger partial charge is 0.492 e. The number of halogens is 1. The van der Waals surface area contributed by atoms with E-state index in [1.807, 2.05) is 37.3 Å². The molecule has 0 aliphatic heterocycles. The molecule has 8 nitrogen and oxygen atoms in total. The van der Waals surface area contributed by atoms with Crippen LogP contribution in [-0.4, -0.2) is 57.4 Å². The number of carbonyl (C=O) groups excluding carboxylic acids is 2. The average molecular weight is 600 g/mol. The molecule has 0 aliphatic carbocycles. The van der Waals surface area contributed by atoms with E-state index in [1.54, 1.807) is 38.1 Å². The van der Waals surface area contributed by atoms with Crippen LogP contribution in [0.3, 0.4) is 0 Å². The van der Waals surface area contributed by atoms with Crippen LogP contribution in [0.25, 0.3) is 0 Å². The van der Waals surface area contributed by atoms with Crippen molar-refractivity contribution in [1.29, 1.82) is 0 Å². The smallest absolute Gasteiger partial charge is 0.264 e.